The van der Waals surface area contributed by atoms with E-state index in [2.05, 4.69) is 5.32 Å². The number of rotatable bonds is 1. The molecule has 2 rings (SSSR count). The molecule has 0 saturated carbocycles. The predicted molar refractivity (Wildman–Crippen MR) is 70.2 cm³/mol. The highest BCUT2D eigenvalue weighted by Gasteiger charge is 2.34. The summed E-state index contributed by atoms with van der Waals surface area (Å²) in [5.74, 6) is -3.42. The van der Waals surface area contributed by atoms with Crippen LogP contribution < -0.4 is 5.32 Å². The molecule has 1 aromatic carbocycles. The minimum atomic E-state index is -0.949. The molecule has 1 heterocycles. The lowest BCUT2D eigenvalue weighted by Crippen LogP contribution is -2.40. The minimum Gasteiger partial charge on any atom is -0.296 e. The Kier molecular flexibility index (Phi) is 3.63. The van der Waals surface area contributed by atoms with Gasteiger partial charge >= 0.3 is 0 Å². The van der Waals surface area contributed by atoms with Gasteiger partial charge in [0.25, 0.3) is 0 Å². The fourth-order valence-electron chi connectivity index (χ4n) is 2.44. The Morgan fingerprint density at radius 3 is 2.40 bits per heavy atom. The second-order valence-corrected chi connectivity index (χ2v) is 6.08. The molecule has 0 spiro atoms. The van der Waals surface area contributed by atoms with E-state index in [1.807, 2.05) is 20.8 Å². The number of carbonyl (C=O) groups is 2. The summed E-state index contributed by atoms with van der Waals surface area (Å²) in [4.78, 5) is 22.9. The lowest BCUT2D eigenvalue weighted by atomic mass is 9.82. The van der Waals surface area contributed by atoms with Crippen LogP contribution in [0.4, 0.5) is 8.78 Å². The number of hydrogen-bond donors (Lipinski definition) is 1. The van der Waals surface area contributed by atoms with Crippen molar-refractivity contribution in [1.29, 1.82) is 0 Å². The van der Waals surface area contributed by atoms with Gasteiger partial charge in [-0.1, -0.05) is 26.8 Å². The molecule has 1 fully saturated rings. The number of hydrogen-bond acceptors (Lipinski definition) is 2. The van der Waals surface area contributed by atoms with Crippen LogP contribution in [0, 0.1) is 11.6 Å². The molecule has 1 aliphatic heterocycles. The fraction of sp³-hybridized carbons (Fsp3) is 0.467. The van der Waals surface area contributed by atoms with Crippen LogP contribution in [0.5, 0.6) is 0 Å². The smallest absolute Gasteiger partial charge is 0.234 e. The Balaban J connectivity index is 2.51. The standard InChI is InChI=1S/C15H17F2NO2/c1-15(2,3)9-5-6-10(16)12(13(9)17)8-4-7-11(19)18-14(8)20/h5-6,8H,4,7H2,1-3H3,(H,18,19,20). The molecule has 0 aromatic heterocycles. The SMILES string of the molecule is CC(C)(C)c1ccc(F)c(C2CCC(=O)NC2=O)c1F. The van der Waals surface area contributed by atoms with Crippen LogP contribution in [0.25, 0.3) is 0 Å². The van der Waals surface area contributed by atoms with Gasteiger partial charge in [0.15, 0.2) is 0 Å². The van der Waals surface area contributed by atoms with Gasteiger partial charge < -0.3 is 0 Å². The minimum absolute atomic E-state index is 0.0923. The number of halogens is 2. The third kappa shape index (κ3) is 2.57. The van der Waals surface area contributed by atoms with Gasteiger partial charge in [-0.05, 0) is 23.5 Å². The zero-order chi connectivity index (χ0) is 15.1. The number of nitrogens with one attached hydrogen (secondary N) is 1. The van der Waals surface area contributed by atoms with Crippen molar-refractivity contribution in [2.24, 2.45) is 0 Å². The largest absolute Gasteiger partial charge is 0.296 e. The summed E-state index contributed by atoms with van der Waals surface area (Å²) in [7, 11) is 0. The van der Waals surface area contributed by atoms with Crippen LogP contribution >= 0.6 is 0 Å². The van der Waals surface area contributed by atoms with Crippen LogP contribution in [-0.2, 0) is 15.0 Å². The highest BCUT2D eigenvalue weighted by atomic mass is 19.1. The number of piperidine rings is 1. The highest BCUT2D eigenvalue weighted by Crippen LogP contribution is 2.34. The normalized spacial score (nSPS) is 19.9. The Bertz CT molecular complexity index is 576. The first-order valence-corrected chi connectivity index (χ1v) is 6.54. The van der Waals surface area contributed by atoms with Crippen molar-refractivity contribution in [3.05, 3.63) is 34.9 Å². The lowest BCUT2D eigenvalue weighted by molar-refractivity contribution is -0.134. The molecule has 5 heteroatoms. The number of benzene rings is 1. The van der Waals surface area contributed by atoms with Gasteiger partial charge in [-0.3, -0.25) is 14.9 Å². The summed E-state index contributed by atoms with van der Waals surface area (Å²) < 4.78 is 28.5. The molecule has 0 radical (unpaired) electrons. The highest BCUT2D eigenvalue weighted by molar-refractivity contribution is 6.01. The summed E-state index contributed by atoms with van der Waals surface area (Å²) in [6.07, 6.45) is 0.223. The van der Waals surface area contributed by atoms with E-state index in [0.717, 1.165) is 0 Å². The zero-order valence-corrected chi connectivity index (χ0v) is 11.7. The third-order valence-corrected chi connectivity index (χ3v) is 3.52. The first-order chi connectivity index (χ1) is 9.21. The maximum atomic E-state index is 14.6. The Morgan fingerprint density at radius 2 is 1.85 bits per heavy atom. The van der Waals surface area contributed by atoms with E-state index in [4.69, 9.17) is 0 Å². The summed E-state index contributed by atoms with van der Waals surface area (Å²) in [5.41, 5.74) is -0.367. The summed E-state index contributed by atoms with van der Waals surface area (Å²) >= 11 is 0. The molecule has 108 valence electrons. The molecule has 0 bridgehead atoms. The average Bonchev–Trinajstić information content (AvgIpc) is 2.29. The van der Waals surface area contributed by atoms with E-state index in [-0.39, 0.29) is 18.4 Å². The van der Waals surface area contributed by atoms with E-state index in [1.165, 1.54) is 12.1 Å². The Morgan fingerprint density at radius 1 is 1.20 bits per heavy atom. The predicted octanol–water partition coefficient (Wildman–Crippen LogP) is 2.78. The Labute approximate surface area is 116 Å². The van der Waals surface area contributed by atoms with Gasteiger partial charge in [-0.25, -0.2) is 8.78 Å². The molecule has 1 unspecified atom stereocenters. The van der Waals surface area contributed by atoms with Gasteiger partial charge in [-0.2, -0.15) is 0 Å². The second kappa shape index (κ2) is 4.96. The first-order valence-electron chi connectivity index (χ1n) is 6.54. The molecular weight excluding hydrogens is 264 g/mol. The van der Waals surface area contributed by atoms with Gasteiger partial charge in [0.1, 0.15) is 11.6 Å². The van der Waals surface area contributed by atoms with Crippen LogP contribution in [0.3, 0.4) is 0 Å². The van der Waals surface area contributed by atoms with Crippen LogP contribution in [0.2, 0.25) is 0 Å². The van der Waals surface area contributed by atoms with E-state index >= 15 is 0 Å². The summed E-state index contributed by atoms with van der Waals surface area (Å²) in [6, 6.07) is 2.59. The number of amides is 2. The van der Waals surface area contributed by atoms with E-state index < -0.39 is 34.8 Å². The maximum absolute atomic E-state index is 14.6. The first kappa shape index (κ1) is 14.6. The molecule has 1 aliphatic rings. The molecule has 3 nitrogen and oxygen atoms in total. The number of imide groups is 1. The molecule has 20 heavy (non-hydrogen) atoms. The van der Waals surface area contributed by atoms with Crippen molar-refractivity contribution >= 4 is 11.8 Å². The molecule has 1 N–H and O–H groups in total. The molecule has 1 aromatic rings. The van der Waals surface area contributed by atoms with E-state index in [1.54, 1.807) is 0 Å². The van der Waals surface area contributed by atoms with E-state index in [0.29, 0.717) is 5.56 Å². The molecular formula is C15H17F2NO2. The van der Waals surface area contributed by atoms with Crippen LogP contribution in [-0.4, -0.2) is 11.8 Å². The quantitative estimate of drug-likeness (QED) is 0.805. The average molecular weight is 281 g/mol. The van der Waals surface area contributed by atoms with E-state index in [9.17, 15) is 18.4 Å². The van der Waals surface area contributed by atoms with Gasteiger partial charge in [0, 0.05) is 12.0 Å². The van der Waals surface area contributed by atoms with Crippen LogP contribution in [0.15, 0.2) is 12.1 Å². The zero-order valence-electron chi connectivity index (χ0n) is 11.7. The lowest BCUT2D eigenvalue weighted by Gasteiger charge is -2.26. The fourth-order valence-corrected chi connectivity index (χ4v) is 2.44. The van der Waals surface area contributed by atoms with Crippen molar-refractivity contribution in [3.8, 4) is 0 Å². The Hall–Kier alpha value is -1.78. The van der Waals surface area contributed by atoms with Crippen LogP contribution in [0.1, 0.15) is 50.7 Å². The molecule has 1 atom stereocenters. The van der Waals surface area contributed by atoms with Gasteiger partial charge in [0.2, 0.25) is 11.8 Å². The topological polar surface area (TPSA) is 46.2 Å². The number of carbonyl (C=O) groups excluding carboxylic acids is 2. The van der Waals surface area contributed by atoms with Gasteiger partial charge in [0.05, 0.1) is 5.92 Å². The van der Waals surface area contributed by atoms with Crippen molar-refractivity contribution in [3.63, 3.8) is 0 Å². The second-order valence-electron chi connectivity index (χ2n) is 6.08. The third-order valence-electron chi connectivity index (χ3n) is 3.52. The molecule has 0 aliphatic carbocycles. The van der Waals surface area contributed by atoms with Gasteiger partial charge in [-0.15, -0.1) is 0 Å². The monoisotopic (exact) mass is 281 g/mol. The van der Waals surface area contributed by atoms with Crippen molar-refractivity contribution in [2.75, 3.05) is 0 Å². The summed E-state index contributed by atoms with van der Waals surface area (Å²) in [6.45, 7) is 5.45. The summed E-state index contributed by atoms with van der Waals surface area (Å²) in [5, 5.41) is 2.13. The van der Waals surface area contributed by atoms with Crippen molar-refractivity contribution in [1.82, 2.24) is 5.32 Å². The maximum Gasteiger partial charge on any atom is 0.234 e. The van der Waals surface area contributed by atoms with Crippen molar-refractivity contribution < 1.29 is 18.4 Å². The van der Waals surface area contributed by atoms with Crippen molar-refractivity contribution in [2.45, 2.75) is 44.9 Å². The molecule has 2 amide bonds. The molecule has 1 saturated heterocycles.